The average Bonchev–Trinajstić information content (AvgIpc) is 3.96. The van der Waals surface area contributed by atoms with Crippen LogP contribution in [0.3, 0.4) is 0 Å². The van der Waals surface area contributed by atoms with Crippen molar-refractivity contribution in [1.29, 1.82) is 0 Å². The highest BCUT2D eigenvalue weighted by molar-refractivity contribution is 6.24. The maximum absolute atomic E-state index is 6.63. The van der Waals surface area contributed by atoms with Crippen LogP contribution in [0.1, 0.15) is 87.2 Å². The highest BCUT2D eigenvalue weighted by atomic mass is 16.3. The summed E-state index contributed by atoms with van der Waals surface area (Å²) in [6, 6.07) is 67.3. The fraction of sp³-hybridized carbons (Fsp3) is 0.194. The molecular formula is C62H52N2O2. The van der Waals surface area contributed by atoms with E-state index in [0.717, 1.165) is 66.6 Å². The molecule has 0 unspecified atom stereocenters. The SMILES string of the molecule is c1ccc(N(c2ccc3c(c2)oc2ccccc23)c2c3ccc(C4CCCCC4)cc3c(N(c3ccccc3)c3ccc4c(c3)oc3ccccc34)c3ccc(C4CCCCC4)cc23)cc1. The Kier molecular flexibility index (Phi) is 9.65. The summed E-state index contributed by atoms with van der Waals surface area (Å²) >= 11 is 0. The summed E-state index contributed by atoms with van der Waals surface area (Å²) in [5.74, 6) is 1.06. The largest absolute Gasteiger partial charge is 0.456 e. The summed E-state index contributed by atoms with van der Waals surface area (Å²) in [6.45, 7) is 0. The van der Waals surface area contributed by atoms with Crippen molar-refractivity contribution in [3.63, 3.8) is 0 Å². The molecule has 0 N–H and O–H groups in total. The van der Waals surface area contributed by atoms with E-state index >= 15 is 0 Å². The number of hydrogen-bond donors (Lipinski definition) is 0. The van der Waals surface area contributed by atoms with Gasteiger partial charge in [-0.3, -0.25) is 0 Å². The Balaban J connectivity index is 1.15. The summed E-state index contributed by atoms with van der Waals surface area (Å²) in [4.78, 5) is 5.03. The molecule has 66 heavy (non-hydrogen) atoms. The van der Waals surface area contributed by atoms with Crippen molar-refractivity contribution in [3.8, 4) is 0 Å². The van der Waals surface area contributed by atoms with Crippen LogP contribution in [0.5, 0.6) is 0 Å². The van der Waals surface area contributed by atoms with Crippen LogP contribution < -0.4 is 9.80 Å². The highest BCUT2D eigenvalue weighted by Crippen LogP contribution is 2.53. The van der Waals surface area contributed by atoms with Crippen molar-refractivity contribution in [2.75, 3.05) is 9.80 Å². The standard InChI is InChI=1S/C62H52N2O2/c1-5-17-41(18-6-1)43-29-33-53-55(37-43)61(63(45-21-9-3-10-22-45)47-31-35-51-49-25-13-15-27-57(49)65-59(51)39-47)54-34-30-44(42-19-7-2-8-20-42)38-56(54)62(53)64(46-23-11-4-12-24-46)48-32-36-52-50-26-14-16-28-58(50)66-60(52)40-48/h3-4,9-16,21-42H,1-2,5-8,17-20H2. The lowest BCUT2D eigenvalue weighted by Gasteiger charge is -2.34. The molecule has 2 aromatic heterocycles. The summed E-state index contributed by atoms with van der Waals surface area (Å²) in [5, 5.41) is 9.46. The zero-order valence-corrected chi connectivity index (χ0v) is 37.3. The van der Waals surface area contributed by atoms with E-state index in [1.54, 1.807) is 0 Å². The van der Waals surface area contributed by atoms with Gasteiger partial charge in [0, 0.05) is 78.0 Å². The normalized spacial score (nSPS) is 15.2. The van der Waals surface area contributed by atoms with Crippen LogP contribution in [0, 0.1) is 0 Å². The number of para-hydroxylation sites is 4. The van der Waals surface area contributed by atoms with Crippen molar-refractivity contribution >= 4 is 99.5 Å². The Hall–Kier alpha value is -7.30. The Labute approximate surface area is 385 Å². The number of fused-ring (bicyclic) bond motifs is 8. The van der Waals surface area contributed by atoms with Gasteiger partial charge in [0.2, 0.25) is 0 Å². The van der Waals surface area contributed by atoms with Gasteiger partial charge in [0.25, 0.3) is 0 Å². The van der Waals surface area contributed by atoms with Gasteiger partial charge < -0.3 is 18.6 Å². The molecule has 0 atom stereocenters. The number of benzene rings is 9. The van der Waals surface area contributed by atoms with Crippen LogP contribution in [0.4, 0.5) is 34.1 Å². The van der Waals surface area contributed by atoms with Gasteiger partial charge in [0.15, 0.2) is 0 Å². The summed E-state index contributed by atoms with van der Waals surface area (Å²) in [6.07, 6.45) is 12.7. The third kappa shape index (κ3) is 6.65. The smallest absolute Gasteiger partial charge is 0.137 e. The predicted octanol–water partition coefficient (Wildman–Crippen LogP) is 18.8. The summed E-state index contributed by atoms with van der Waals surface area (Å²) < 4.78 is 13.3. The second-order valence-electron chi connectivity index (χ2n) is 18.9. The lowest BCUT2D eigenvalue weighted by atomic mass is 9.81. The first-order valence-corrected chi connectivity index (χ1v) is 24.3. The molecule has 13 rings (SSSR count). The molecule has 0 aliphatic heterocycles. The summed E-state index contributed by atoms with van der Waals surface area (Å²) in [7, 11) is 0. The van der Waals surface area contributed by atoms with Crippen LogP contribution >= 0.6 is 0 Å². The van der Waals surface area contributed by atoms with E-state index < -0.39 is 0 Å². The van der Waals surface area contributed by atoms with Gasteiger partial charge in [-0.2, -0.15) is 0 Å². The van der Waals surface area contributed by atoms with Crippen molar-refractivity contribution in [2.24, 2.45) is 0 Å². The first kappa shape index (κ1) is 39.1. The minimum Gasteiger partial charge on any atom is -0.456 e. The first-order chi connectivity index (χ1) is 32.7. The van der Waals surface area contributed by atoms with Crippen molar-refractivity contribution in [3.05, 3.63) is 193 Å². The van der Waals surface area contributed by atoms with Gasteiger partial charge in [-0.15, -0.1) is 0 Å². The number of furan rings is 2. The molecular weight excluding hydrogens is 805 g/mol. The van der Waals surface area contributed by atoms with Gasteiger partial charge in [0.05, 0.1) is 11.4 Å². The van der Waals surface area contributed by atoms with E-state index in [2.05, 4.69) is 192 Å². The topological polar surface area (TPSA) is 32.8 Å². The molecule has 0 amide bonds. The molecule has 0 bridgehead atoms. The molecule has 0 spiro atoms. The lowest BCUT2D eigenvalue weighted by Crippen LogP contribution is -2.15. The van der Waals surface area contributed by atoms with E-state index in [0.29, 0.717) is 11.8 Å². The van der Waals surface area contributed by atoms with Gasteiger partial charge >= 0.3 is 0 Å². The third-order valence-electron chi connectivity index (χ3n) is 15.0. The fourth-order valence-electron chi connectivity index (χ4n) is 11.8. The average molecular weight is 857 g/mol. The molecule has 9 aromatic carbocycles. The van der Waals surface area contributed by atoms with Gasteiger partial charge in [-0.1, -0.05) is 136 Å². The van der Waals surface area contributed by atoms with E-state index in [1.807, 2.05) is 0 Å². The van der Waals surface area contributed by atoms with Crippen LogP contribution in [-0.4, -0.2) is 0 Å². The highest BCUT2D eigenvalue weighted by Gasteiger charge is 2.29. The van der Waals surface area contributed by atoms with E-state index in [1.165, 1.54) is 108 Å². The third-order valence-corrected chi connectivity index (χ3v) is 15.0. The zero-order valence-electron chi connectivity index (χ0n) is 37.3. The fourth-order valence-corrected chi connectivity index (χ4v) is 11.8. The van der Waals surface area contributed by atoms with Crippen LogP contribution in [0.2, 0.25) is 0 Å². The molecule has 11 aromatic rings. The van der Waals surface area contributed by atoms with E-state index in [4.69, 9.17) is 8.83 Å². The minimum absolute atomic E-state index is 0.529. The molecule has 4 nitrogen and oxygen atoms in total. The van der Waals surface area contributed by atoms with Crippen LogP contribution in [0.25, 0.3) is 65.4 Å². The Morgan fingerprint density at radius 1 is 0.288 bits per heavy atom. The molecule has 2 saturated carbocycles. The Morgan fingerprint density at radius 3 is 1.11 bits per heavy atom. The lowest BCUT2D eigenvalue weighted by molar-refractivity contribution is 0.444. The molecule has 2 aliphatic carbocycles. The molecule has 2 fully saturated rings. The number of nitrogens with zero attached hydrogens (tertiary/aromatic N) is 2. The van der Waals surface area contributed by atoms with Crippen LogP contribution in [0.15, 0.2) is 191 Å². The molecule has 0 radical (unpaired) electrons. The number of anilines is 6. The molecule has 322 valence electrons. The van der Waals surface area contributed by atoms with Gasteiger partial charge in [-0.05, 0) is 121 Å². The predicted molar refractivity (Wildman–Crippen MR) is 277 cm³/mol. The number of hydrogen-bond acceptors (Lipinski definition) is 4. The zero-order chi connectivity index (χ0) is 43.6. The van der Waals surface area contributed by atoms with E-state index in [-0.39, 0.29) is 0 Å². The second-order valence-corrected chi connectivity index (χ2v) is 18.9. The summed E-state index contributed by atoms with van der Waals surface area (Å²) in [5.41, 5.74) is 13.2. The number of rotatable bonds is 8. The van der Waals surface area contributed by atoms with Gasteiger partial charge in [0.1, 0.15) is 22.3 Å². The quantitative estimate of drug-likeness (QED) is 0.113. The van der Waals surface area contributed by atoms with Gasteiger partial charge in [-0.25, -0.2) is 0 Å². The maximum atomic E-state index is 6.63. The second kappa shape index (κ2) is 16.3. The van der Waals surface area contributed by atoms with Crippen molar-refractivity contribution in [2.45, 2.75) is 76.0 Å². The molecule has 4 heteroatoms. The van der Waals surface area contributed by atoms with E-state index in [9.17, 15) is 0 Å². The van der Waals surface area contributed by atoms with Crippen molar-refractivity contribution in [1.82, 2.24) is 0 Å². The molecule has 2 aliphatic rings. The Morgan fingerprint density at radius 2 is 0.667 bits per heavy atom. The first-order valence-electron chi connectivity index (χ1n) is 24.3. The minimum atomic E-state index is 0.529. The molecule has 0 saturated heterocycles. The monoisotopic (exact) mass is 856 g/mol. The maximum Gasteiger partial charge on any atom is 0.137 e. The van der Waals surface area contributed by atoms with Crippen LogP contribution in [-0.2, 0) is 0 Å². The molecule has 2 heterocycles. The van der Waals surface area contributed by atoms with Crippen molar-refractivity contribution < 1.29 is 8.83 Å². The Bertz CT molecular complexity index is 3340.